The normalized spacial score (nSPS) is 14.4. The number of unbranched alkanes of at least 4 members (excludes halogenated alkanes) is 2. The fraction of sp³-hybridized carbons (Fsp3) is 0.540. The molecule has 6 aromatic heterocycles. The highest BCUT2D eigenvalue weighted by Crippen LogP contribution is 2.21. The molecule has 7 aromatic rings. The topological polar surface area (TPSA) is 812 Å². The summed E-state index contributed by atoms with van der Waals surface area (Å²) in [4.78, 5) is 254. The summed E-state index contributed by atoms with van der Waals surface area (Å²) in [6.07, 6.45) is 16.1. The number of amides is 15. The van der Waals surface area contributed by atoms with Crippen molar-refractivity contribution in [2.75, 3.05) is 32.7 Å². The van der Waals surface area contributed by atoms with E-state index in [4.69, 9.17) is 45.2 Å². The number of guanidine groups is 2. The van der Waals surface area contributed by atoms with Gasteiger partial charge in [0.05, 0.1) is 72.7 Å². The Bertz CT molecular complexity index is 5040. The van der Waals surface area contributed by atoms with Crippen LogP contribution in [0.3, 0.4) is 0 Å². The van der Waals surface area contributed by atoms with Gasteiger partial charge in [-0.2, -0.15) is 0 Å². The number of imidazole rings is 5. The molecule has 0 fully saturated rings. The van der Waals surface area contributed by atoms with Gasteiger partial charge in [0.1, 0.15) is 78.5 Å². The maximum absolute atomic E-state index is 15.1. The number of hydrogen-bond donors (Lipinski definition) is 30. The minimum absolute atomic E-state index is 0.00648. The van der Waals surface area contributed by atoms with E-state index in [1.807, 2.05) is 38.1 Å². The number of nitrogens with one attached hydrogen (secondary N) is 24. The summed E-state index contributed by atoms with van der Waals surface area (Å²) < 4.78 is 0. The quantitative estimate of drug-likeness (QED) is 0.00960. The summed E-state index contributed by atoms with van der Waals surface area (Å²) in [7, 11) is 0. The average Bonchev–Trinajstić information content (AvgIpc) is 1.68. The van der Waals surface area contributed by atoms with Gasteiger partial charge in [0, 0.05) is 99.7 Å². The standard InChI is InChI=1S/C87H135N35O15/c1-46(2)26-63(72(91)124)115-85(137)71(48(5)6)122-78(130)61(19-11-13-23-89)114-82(134)67(31-53-37-98-43-107-53)119-77(129)62(21-15-25-102-87(94)95)111-73(125)49(7)110-70(123)40-104-75(127)59(20-14-24-101-86(92)93)112-81(133)66(30-52-36-97-42-106-52)118-76(128)60(18-10-12-22-88)113-83(135)68(32-54-38-99-44-108-54)120-79(131)64(27-47(3)4)117-84(136)69(33-55-39-100-45-109-55)121-80(132)65(28-50-34-103-58-17-9-8-16-56(50)58)116-74(126)57(90)29-51-35-96-41-105-51/h8-9,16-17,34-39,41-49,57,59-69,71,103H,10-15,18-33,40,88-90H2,1-7H3,(H2,91,124)(H,96,105)(H,97,106)(H,98,107)(H,99,108)(H,100,109)(H,104,127)(H,110,123)(H,111,125)(H,112,133)(H,113,135)(H,114,134)(H,115,137)(H,116,126)(H,117,136)(H,118,128)(H,119,129)(H,120,131)(H,121,132)(H,122,130)(H4,92,93,101)(H4,94,95,102)/t49-,57-,59-,60-,61-,62-,63-,64-,65-,66-,67-,68-,69-,71-/m0/s1. The van der Waals surface area contributed by atoms with Gasteiger partial charge in [-0.05, 0) is 126 Å². The molecule has 0 unspecified atom stereocenters. The fourth-order valence-electron chi connectivity index (χ4n) is 14.7. The van der Waals surface area contributed by atoms with Crippen LogP contribution in [0.5, 0.6) is 0 Å². The van der Waals surface area contributed by atoms with Gasteiger partial charge in [0.15, 0.2) is 11.9 Å². The SMILES string of the molecule is CC(C)C[C@H](NC(=O)[C@@H](NC(=O)[C@H](CCCCN)NC(=O)[C@H](Cc1c[nH]cn1)NC(=O)[C@H](CCCNC(=N)N)NC(=O)[C@H](C)NC(=O)CNC(=O)[C@H](CCCNC(=N)N)NC(=O)[C@H](Cc1c[nH]cn1)NC(=O)[C@H](CCCCN)NC(=O)[C@H](Cc1c[nH]cn1)NC(=O)[C@H](CC(C)C)NC(=O)[C@H](Cc1c[nH]cn1)NC(=O)[C@H](Cc1c[nH]c2ccccc12)NC(=O)[C@@H](N)Cc1c[nH]cn1)C(C)C)C(N)=O. The highest BCUT2D eigenvalue weighted by molar-refractivity contribution is 6.01. The van der Waals surface area contributed by atoms with E-state index < -0.39 is 198 Å². The molecule has 0 aliphatic rings. The number of fused-ring (bicyclic) bond motifs is 1. The van der Waals surface area contributed by atoms with Gasteiger partial charge in [0.2, 0.25) is 88.6 Å². The van der Waals surface area contributed by atoms with Crippen LogP contribution in [-0.4, -0.2) is 273 Å². The first-order valence-corrected chi connectivity index (χ1v) is 45.6. The molecule has 1 aromatic carbocycles. The lowest BCUT2D eigenvalue weighted by molar-refractivity contribution is -0.136. The van der Waals surface area contributed by atoms with Crippen LogP contribution in [0.15, 0.2) is 93.1 Å². The molecule has 0 saturated carbocycles. The Morgan fingerprint density at radius 1 is 0.350 bits per heavy atom. The first kappa shape index (κ1) is 109. The van der Waals surface area contributed by atoms with Crippen LogP contribution >= 0.6 is 0 Å². The van der Waals surface area contributed by atoms with E-state index in [2.05, 4.69) is 140 Å². The third-order valence-corrected chi connectivity index (χ3v) is 22.0. The van der Waals surface area contributed by atoms with Gasteiger partial charge in [-0.15, -0.1) is 0 Å². The van der Waals surface area contributed by atoms with Crippen molar-refractivity contribution in [3.05, 3.63) is 127 Å². The Morgan fingerprint density at radius 3 is 1.07 bits per heavy atom. The highest BCUT2D eigenvalue weighted by Gasteiger charge is 2.39. The van der Waals surface area contributed by atoms with Crippen molar-refractivity contribution in [2.45, 2.75) is 249 Å². The minimum atomic E-state index is -1.58. The van der Waals surface area contributed by atoms with Crippen molar-refractivity contribution >= 4 is 111 Å². The predicted molar refractivity (Wildman–Crippen MR) is 502 cm³/mol. The number of H-pyrrole nitrogens is 6. The lowest BCUT2D eigenvalue weighted by Crippen LogP contribution is -2.61. The first-order valence-electron chi connectivity index (χ1n) is 45.6. The number of benzene rings is 1. The van der Waals surface area contributed by atoms with Gasteiger partial charge in [-0.1, -0.05) is 59.7 Å². The summed E-state index contributed by atoms with van der Waals surface area (Å²) in [5, 5.41) is 58.9. The zero-order chi connectivity index (χ0) is 100. The van der Waals surface area contributed by atoms with E-state index in [9.17, 15) is 57.5 Å². The fourth-order valence-corrected chi connectivity index (χ4v) is 14.7. The van der Waals surface area contributed by atoms with Crippen LogP contribution in [0, 0.1) is 28.6 Å². The summed E-state index contributed by atoms with van der Waals surface area (Å²) >= 11 is 0. The molecule has 36 N–H and O–H groups in total. The number of aromatic nitrogens is 11. The van der Waals surface area contributed by atoms with Gasteiger partial charge in [-0.25, -0.2) is 24.9 Å². The summed E-state index contributed by atoms with van der Waals surface area (Å²) in [6, 6.07) is -12.1. The number of carbonyl (C=O) groups is 15. The molecule has 6 heterocycles. The third kappa shape index (κ3) is 37.9. The number of primary amides is 1. The molecule has 50 nitrogen and oxygen atoms in total. The zero-order valence-corrected chi connectivity index (χ0v) is 78.1. The molecule has 0 bridgehead atoms. The van der Waals surface area contributed by atoms with Crippen LogP contribution in [0.1, 0.15) is 160 Å². The molecule has 50 heteroatoms. The zero-order valence-electron chi connectivity index (χ0n) is 78.1. The maximum atomic E-state index is 15.1. The highest BCUT2D eigenvalue weighted by atomic mass is 16.2. The smallest absolute Gasteiger partial charge is 0.243 e. The largest absolute Gasteiger partial charge is 0.370 e. The molecule has 15 amide bonds. The first-order chi connectivity index (χ1) is 65.4. The molecule has 0 radical (unpaired) electrons. The number of hydrogen-bond acceptors (Lipinski definition) is 25. The van der Waals surface area contributed by atoms with Crippen molar-refractivity contribution in [1.29, 1.82) is 10.8 Å². The number of nitrogens with two attached hydrogens (primary N) is 6. The van der Waals surface area contributed by atoms with Gasteiger partial charge in [-0.3, -0.25) is 82.7 Å². The molecule has 0 aliphatic heterocycles. The second kappa shape index (κ2) is 56.5. The Labute approximate surface area is 791 Å². The molecule has 748 valence electrons. The Hall–Kier alpha value is -14.7. The molecule has 0 saturated heterocycles. The second-order valence-corrected chi connectivity index (χ2v) is 34.6. The molecule has 7 rings (SSSR count). The van der Waals surface area contributed by atoms with E-state index in [1.54, 1.807) is 40.1 Å². The summed E-state index contributed by atoms with van der Waals surface area (Å²) in [5.41, 5.74) is 37.9. The van der Waals surface area contributed by atoms with Crippen molar-refractivity contribution < 1.29 is 71.9 Å². The van der Waals surface area contributed by atoms with E-state index in [0.29, 0.717) is 36.2 Å². The van der Waals surface area contributed by atoms with Gasteiger partial charge >= 0.3 is 0 Å². The second-order valence-electron chi connectivity index (χ2n) is 34.6. The van der Waals surface area contributed by atoms with E-state index >= 15 is 14.4 Å². The summed E-state index contributed by atoms with van der Waals surface area (Å²) in [5.74, 6) is -14.6. The van der Waals surface area contributed by atoms with Crippen LogP contribution < -0.4 is 119 Å². The lowest BCUT2D eigenvalue weighted by Gasteiger charge is -2.28. The predicted octanol–water partition coefficient (Wildman–Crippen LogP) is -5.68. The maximum Gasteiger partial charge on any atom is 0.243 e. The summed E-state index contributed by atoms with van der Waals surface area (Å²) in [6.45, 7) is 11.5. The number of nitrogens with zero attached hydrogens (tertiary/aromatic N) is 5. The van der Waals surface area contributed by atoms with Crippen LogP contribution in [-0.2, 0) is 110 Å². The number of rotatable bonds is 62. The van der Waals surface area contributed by atoms with Gasteiger partial charge in [0.25, 0.3) is 0 Å². The molecular weight excluding hydrogens is 1780 g/mol. The minimum Gasteiger partial charge on any atom is -0.370 e. The van der Waals surface area contributed by atoms with E-state index in [1.165, 1.54) is 63.3 Å². The van der Waals surface area contributed by atoms with Crippen LogP contribution in [0.2, 0.25) is 0 Å². The monoisotopic (exact) mass is 1910 g/mol. The molecule has 14 atom stereocenters. The molecule has 0 spiro atoms. The Kier molecular flexibility index (Phi) is 45.0. The van der Waals surface area contributed by atoms with Crippen molar-refractivity contribution in [1.82, 2.24) is 140 Å². The van der Waals surface area contributed by atoms with Crippen molar-refractivity contribution in [2.24, 2.45) is 52.2 Å². The Morgan fingerprint density at radius 2 is 0.686 bits per heavy atom. The molecule has 0 aliphatic carbocycles. The number of para-hydroxylation sites is 1. The van der Waals surface area contributed by atoms with Gasteiger partial charge < -0.3 is 149 Å². The van der Waals surface area contributed by atoms with Crippen molar-refractivity contribution in [3.63, 3.8) is 0 Å². The van der Waals surface area contributed by atoms with Crippen molar-refractivity contribution in [3.8, 4) is 0 Å². The molecule has 137 heavy (non-hydrogen) atoms. The molecular formula is C87H135N35O15. The van der Waals surface area contributed by atoms with Crippen LogP contribution in [0.4, 0.5) is 0 Å². The average molecular weight is 1910 g/mol. The number of carbonyl (C=O) groups excluding carboxylic acids is 15. The van der Waals surface area contributed by atoms with E-state index in [-0.39, 0.29) is 151 Å². The lowest BCUT2D eigenvalue weighted by atomic mass is 9.99. The van der Waals surface area contributed by atoms with E-state index in [0.717, 1.165) is 10.9 Å². The Balaban J connectivity index is 1.06. The third-order valence-electron chi connectivity index (χ3n) is 22.0. The van der Waals surface area contributed by atoms with Crippen LogP contribution in [0.25, 0.3) is 10.9 Å². The number of aromatic amines is 6.